The van der Waals surface area contributed by atoms with Crippen LogP contribution in [0.2, 0.25) is 0 Å². The van der Waals surface area contributed by atoms with E-state index in [0.29, 0.717) is 36.8 Å². The maximum Gasteiger partial charge on any atom is 0.220 e. The second-order valence-electron chi connectivity index (χ2n) is 20.5. The van der Waals surface area contributed by atoms with Crippen LogP contribution in [0.15, 0.2) is 19.2 Å². The summed E-state index contributed by atoms with van der Waals surface area (Å²) in [7, 11) is 7.75. The van der Waals surface area contributed by atoms with E-state index in [4.69, 9.17) is 60.3 Å². The molecule has 4 aromatic carbocycles. The van der Waals surface area contributed by atoms with Crippen molar-refractivity contribution in [1.82, 2.24) is 10.6 Å². The maximum atomic E-state index is 11.8. The maximum absolute atomic E-state index is 11.8. The first-order chi connectivity index (χ1) is 29.4. The summed E-state index contributed by atoms with van der Waals surface area (Å²) in [6, 6.07) is 0. The number of nitrogens with one attached hydrogen (secondary N) is 4. The molecule has 0 aliphatic rings. The van der Waals surface area contributed by atoms with Gasteiger partial charge in [0.15, 0.2) is 0 Å². The quantitative estimate of drug-likeness (QED) is 0.0429. The van der Waals surface area contributed by atoms with Crippen LogP contribution in [-0.4, -0.2) is 80.5 Å². The summed E-state index contributed by atoms with van der Waals surface area (Å²) in [5.74, 6) is 0. The van der Waals surface area contributed by atoms with Crippen molar-refractivity contribution in [1.29, 1.82) is 0 Å². The number of anilines is 4. The molecule has 12 nitrogen and oxygen atoms in total. The predicted molar refractivity (Wildman–Crippen MR) is 286 cm³/mol. The van der Waals surface area contributed by atoms with E-state index in [-0.39, 0.29) is 43.4 Å². The van der Waals surface area contributed by atoms with Crippen molar-refractivity contribution in [2.75, 3.05) is 101 Å². The van der Waals surface area contributed by atoms with E-state index in [2.05, 4.69) is 104 Å². The summed E-state index contributed by atoms with van der Waals surface area (Å²) in [6.45, 7) is 31.4. The number of nitrogens with two attached hydrogens (primary N) is 2. The molecular formula is C48H80N8O4S4. The predicted octanol–water partition coefficient (Wildman–Crippen LogP) is 7.41. The Hall–Kier alpha value is -2.96. The van der Waals surface area contributed by atoms with Crippen LogP contribution >= 0.6 is 48.9 Å². The summed E-state index contributed by atoms with van der Waals surface area (Å²) >= 11 is 20.4. The molecule has 0 atom stereocenters. The van der Waals surface area contributed by atoms with Gasteiger partial charge < -0.3 is 42.5 Å². The molecule has 0 bridgehead atoms. The zero-order valence-electron chi connectivity index (χ0n) is 41.8. The minimum atomic E-state index is -0.0595. The summed E-state index contributed by atoms with van der Waals surface area (Å²) < 4.78 is 2.01. The van der Waals surface area contributed by atoms with Crippen LogP contribution in [0.4, 0.5) is 22.7 Å². The lowest BCUT2D eigenvalue weighted by molar-refractivity contribution is 0.578. The van der Waals surface area contributed by atoms with Crippen molar-refractivity contribution >= 4 is 71.6 Å². The Kier molecular flexibility index (Phi) is 23.3. The van der Waals surface area contributed by atoms with Crippen LogP contribution in [0.25, 0.3) is 0 Å². The molecule has 0 unspecified atom stereocenters. The number of hydrogen-bond donors (Lipinski definition) is 6. The Bertz CT molecular complexity index is 2400. The lowest BCUT2D eigenvalue weighted by atomic mass is 9.82. The van der Waals surface area contributed by atoms with Crippen LogP contribution in [0.5, 0.6) is 0 Å². The Morgan fingerprint density at radius 3 is 1.05 bits per heavy atom. The summed E-state index contributed by atoms with van der Waals surface area (Å²) in [5.41, 5.74) is 17.8. The third-order valence-electron chi connectivity index (χ3n) is 10.6. The van der Waals surface area contributed by atoms with Gasteiger partial charge >= 0.3 is 0 Å². The first-order valence-corrected chi connectivity index (χ1v) is 24.0. The highest BCUT2D eigenvalue weighted by Crippen LogP contribution is 2.35. The van der Waals surface area contributed by atoms with Crippen LogP contribution in [0, 0.1) is 18.0 Å². The molecule has 0 heterocycles. The topological polar surface area (TPSA) is 175 Å². The highest BCUT2D eigenvalue weighted by molar-refractivity contribution is 7.72. The molecule has 0 saturated heterocycles. The van der Waals surface area contributed by atoms with Crippen molar-refractivity contribution in [3.8, 4) is 0 Å². The Morgan fingerprint density at radius 2 is 0.734 bits per heavy atom. The molecule has 0 aliphatic carbocycles. The standard InChI is InChI=1S/C13H22N2OS.2C12H20N2OS.C11H18N2OS/c1-13(2,3)9-10(11(16)12(9)17)15(5)8-6-7-14-4;1-12(2,3)8-9(10(15)11(8)16)14(4)7-5-6-13;1-12(2,3)8-9(10(15)11(8)16)14-7-5-6-13-4;1-11(2,3)7-8(9(14)10(7)15)13-6-4-5-12/h14H,6-8H2,1-5H3;5-7,13H2,1-4H3;13-14H,5-7H2,1-4H3;13H,4-6,12H2,1-3H3. The molecular weight excluding hydrogens is 881 g/mol. The Labute approximate surface area is 404 Å². The van der Waals surface area contributed by atoms with Gasteiger partial charge in [0.05, 0.1) is 40.8 Å². The first kappa shape index (κ1) is 59.1. The van der Waals surface area contributed by atoms with Gasteiger partial charge in [0, 0.05) is 62.5 Å². The summed E-state index contributed by atoms with van der Waals surface area (Å²) in [6.07, 6.45) is 3.77. The molecule has 0 saturated carbocycles. The highest BCUT2D eigenvalue weighted by atomic mass is 32.1. The van der Waals surface area contributed by atoms with E-state index < -0.39 is 0 Å². The van der Waals surface area contributed by atoms with Gasteiger partial charge in [-0.05, 0) is 87.6 Å². The van der Waals surface area contributed by atoms with Crippen LogP contribution in [-0.2, 0) is 21.7 Å². The minimum absolute atomic E-state index is 0.00406. The largest absolute Gasteiger partial charge is 0.382 e. The van der Waals surface area contributed by atoms with Crippen molar-refractivity contribution in [2.24, 2.45) is 11.5 Å². The van der Waals surface area contributed by atoms with Gasteiger partial charge in [-0.3, -0.25) is 19.2 Å². The monoisotopic (exact) mass is 961 g/mol. The average Bonchev–Trinajstić information content (AvgIpc) is 3.19. The number of nitrogens with zero attached hydrogens (tertiary/aromatic N) is 2. The fraction of sp³-hybridized carbons (Fsp3) is 0.667. The molecule has 0 radical (unpaired) electrons. The Morgan fingerprint density at radius 1 is 0.438 bits per heavy atom. The van der Waals surface area contributed by atoms with Crippen molar-refractivity contribution < 1.29 is 0 Å². The highest BCUT2D eigenvalue weighted by Gasteiger charge is 2.31. The fourth-order valence-corrected chi connectivity index (χ4v) is 9.29. The van der Waals surface area contributed by atoms with Gasteiger partial charge in [-0.15, -0.1) is 0 Å². The second-order valence-corrected chi connectivity index (χ2v) is 22.1. The molecule has 0 amide bonds. The second kappa shape index (κ2) is 25.3. The van der Waals surface area contributed by atoms with E-state index in [1.54, 1.807) is 0 Å². The fourth-order valence-electron chi connectivity index (χ4n) is 7.27. The van der Waals surface area contributed by atoms with E-state index in [1.807, 2.05) is 38.0 Å². The lowest BCUT2D eigenvalue weighted by Crippen LogP contribution is -2.35. The van der Waals surface area contributed by atoms with Crippen LogP contribution < -0.4 is 64.2 Å². The number of hydrogen-bond acceptors (Lipinski definition) is 16. The van der Waals surface area contributed by atoms with Crippen LogP contribution in [0.3, 0.4) is 0 Å². The average molecular weight is 961 g/mol. The van der Waals surface area contributed by atoms with E-state index in [9.17, 15) is 19.2 Å². The molecule has 4 rings (SSSR count). The summed E-state index contributed by atoms with van der Waals surface area (Å²) in [5, 5.41) is 12.5. The van der Waals surface area contributed by atoms with E-state index in [1.165, 1.54) is 0 Å². The van der Waals surface area contributed by atoms with Gasteiger partial charge in [0.25, 0.3) is 0 Å². The van der Waals surface area contributed by atoms with Gasteiger partial charge in [-0.1, -0.05) is 132 Å². The van der Waals surface area contributed by atoms with Gasteiger partial charge in [0.2, 0.25) is 21.7 Å². The van der Waals surface area contributed by atoms with Crippen molar-refractivity contribution in [3.63, 3.8) is 0 Å². The Balaban J connectivity index is 0.000000427. The third kappa shape index (κ3) is 15.6. The molecule has 0 aromatic heterocycles. The molecule has 4 aromatic rings. The van der Waals surface area contributed by atoms with E-state index in [0.717, 1.165) is 104 Å². The molecule has 360 valence electrons. The normalized spacial score (nSPS) is 12.0. The van der Waals surface area contributed by atoms with E-state index >= 15 is 0 Å². The number of rotatable bonds is 18. The third-order valence-corrected chi connectivity index (χ3v) is 12.1. The zero-order valence-corrected chi connectivity index (χ0v) is 45.1. The van der Waals surface area contributed by atoms with Gasteiger partial charge in [-0.25, -0.2) is 0 Å². The SMILES string of the molecule is CC(C)(C)c1c(NCCCN)c(=O)c1=S.CN(CCCN)c1c(C(C)(C)C)c(=S)c1=O.CNCCCN(C)c1c(C(C)(C)C)c(=S)c1=O.CNCCCNc1c(C(C)(C)C)c(=S)c1=O. The molecule has 0 fully saturated rings. The minimum Gasteiger partial charge on any atom is -0.382 e. The van der Waals surface area contributed by atoms with Gasteiger partial charge in [0.1, 0.15) is 0 Å². The molecule has 8 N–H and O–H groups in total. The van der Waals surface area contributed by atoms with Crippen molar-refractivity contribution in [2.45, 2.75) is 130 Å². The zero-order chi connectivity index (χ0) is 49.7. The van der Waals surface area contributed by atoms with Gasteiger partial charge in [-0.2, -0.15) is 0 Å². The van der Waals surface area contributed by atoms with Crippen molar-refractivity contribution in [3.05, 3.63) is 81.2 Å². The molecule has 64 heavy (non-hydrogen) atoms. The molecule has 0 aliphatic heterocycles. The molecule has 0 spiro atoms. The first-order valence-electron chi connectivity index (χ1n) is 22.3. The lowest BCUT2D eigenvalue weighted by Gasteiger charge is -2.30. The summed E-state index contributed by atoms with van der Waals surface area (Å²) in [4.78, 5) is 50.7. The van der Waals surface area contributed by atoms with Crippen LogP contribution in [0.1, 0.15) is 131 Å². The smallest absolute Gasteiger partial charge is 0.220 e. The molecule has 16 heteroatoms.